The smallest absolute Gasteiger partial charge is 0.410 e. The molecule has 0 aliphatic carbocycles. The van der Waals surface area contributed by atoms with Crippen LogP contribution >= 0.6 is 27.3 Å². The van der Waals surface area contributed by atoms with E-state index >= 15 is 0 Å². The van der Waals surface area contributed by atoms with E-state index in [1.165, 1.54) is 11.3 Å². The zero-order valence-corrected chi connectivity index (χ0v) is 18.7. The molecule has 4 rings (SSSR count). The van der Waals surface area contributed by atoms with Crippen molar-refractivity contribution in [2.24, 2.45) is 0 Å². The highest BCUT2D eigenvalue weighted by atomic mass is 79.9. The maximum atomic E-state index is 13.0. The molecule has 1 amide bonds. The van der Waals surface area contributed by atoms with Gasteiger partial charge in [0.25, 0.3) is 0 Å². The minimum Gasteiger partial charge on any atom is -0.480 e. The van der Waals surface area contributed by atoms with Crippen LogP contribution in [0.5, 0.6) is 0 Å². The van der Waals surface area contributed by atoms with Crippen LogP contribution in [0.2, 0.25) is 0 Å². The van der Waals surface area contributed by atoms with Gasteiger partial charge in [0, 0.05) is 30.3 Å². The summed E-state index contributed by atoms with van der Waals surface area (Å²) in [5.41, 5.74) is 0.140. The van der Waals surface area contributed by atoms with Crippen molar-refractivity contribution in [3.8, 4) is 0 Å². The quantitative estimate of drug-likeness (QED) is 0.633. The predicted molar refractivity (Wildman–Crippen MR) is 114 cm³/mol. The first-order chi connectivity index (χ1) is 14.5. The summed E-state index contributed by atoms with van der Waals surface area (Å²) in [5, 5.41) is 11.8. The largest absolute Gasteiger partial charge is 0.480 e. The molecule has 1 aromatic carbocycles. The van der Waals surface area contributed by atoms with E-state index in [9.17, 15) is 14.7 Å². The summed E-state index contributed by atoms with van der Waals surface area (Å²) in [6.07, 6.45) is 3.40. The summed E-state index contributed by atoms with van der Waals surface area (Å²) >= 11 is 4.84. The molecule has 2 aliphatic heterocycles. The first-order valence-electron chi connectivity index (χ1n) is 9.93. The van der Waals surface area contributed by atoms with Crippen LogP contribution in [-0.2, 0) is 26.5 Å². The first-order valence-corrected chi connectivity index (χ1v) is 11.6. The van der Waals surface area contributed by atoms with E-state index in [4.69, 9.17) is 9.47 Å². The van der Waals surface area contributed by atoms with Crippen LogP contribution in [0.25, 0.3) is 0 Å². The van der Waals surface area contributed by atoms with Crippen molar-refractivity contribution in [1.29, 1.82) is 0 Å². The Balaban J connectivity index is 1.53. The van der Waals surface area contributed by atoms with Crippen LogP contribution in [0.15, 0.2) is 40.3 Å². The van der Waals surface area contributed by atoms with Crippen molar-refractivity contribution in [3.63, 3.8) is 0 Å². The van der Waals surface area contributed by atoms with Gasteiger partial charge in [-0.25, -0.2) is 14.6 Å². The number of ether oxygens (including phenoxy) is 2. The van der Waals surface area contributed by atoms with Crippen LogP contribution in [0.4, 0.5) is 4.79 Å². The molecule has 0 spiro atoms. The summed E-state index contributed by atoms with van der Waals surface area (Å²) in [4.78, 5) is 30.6. The predicted octanol–water partition coefficient (Wildman–Crippen LogP) is 4.56. The van der Waals surface area contributed by atoms with Crippen molar-refractivity contribution in [3.05, 3.63) is 50.9 Å². The number of aliphatic carboxylic acids is 1. The molecule has 7 nitrogen and oxygen atoms in total. The van der Waals surface area contributed by atoms with Gasteiger partial charge in [-0.05, 0) is 40.8 Å². The van der Waals surface area contributed by atoms with E-state index in [0.29, 0.717) is 17.4 Å². The van der Waals surface area contributed by atoms with E-state index in [1.54, 1.807) is 0 Å². The van der Waals surface area contributed by atoms with Gasteiger partial charge in [0.2, 0.25) is 0 Å². The van der Waals surface area contributed by atoms with Gasteiger partial charge in [-0.15, -0.1) is 11.3 Å². The second-order valence-electron chi connectivity index (χ2n) is 7.75. The zero-order valence-electron chi connectivity index (χ0n) is 16.3. The second kappa shape index (κ2) is 9.03. The Kier molecular flexibility index (Phi) is 6.40. The van der Waals surface area contributed by atoms with E-state index < -0.39 is 18.2 Å². The van der Waals surface area contributed by atoms with Gasteiger partial charge < -0.3 is 19.5 Å². The third kappa shape index (κ3) is 4.53. The number of thiazole rings is 1. The van der Waals surface area contributed by atoms with Crippen LogP contribution < -0.4 is 0 Å². The maximum absolute atomic E-state index is 13.0. The van der Waals surface area contributed by atoms with Gasteiger partial charge >= 0.3 is 12.1 Å². The second-order valence-corrected chi connectivity index (χ2v) is 9.42. The number of halogens is 1. The number of amides is 1. The molecule has 2 atom stereocenters. The number of benzene rings is 1. The lowest BCUT2D eigenvalue weighted by molar-refractivity contribution is -0.163. The molecule has 2 fully saturated rings. The first kappa shape index (κ1) is 21.3. The van der Waals surface area contributed by atoms with Crippen LogP contribution in [0, 0.1) is 0 Å². The lowest BCUT2D eigenvalue weighted by atomic mass is 9.75. The van der Waals surface area contributed by atoms with Crippen molar-refractivity contribution >= 4 is 39.3 Å². The van der Waals surface area contributed by atoms with Crippen molar-refractivity contribution < 1.29 is 24.2 Å². The lowest BCUT2D eigenvalue weighted by Gasteiger charge is -2.52. The number of carboxylic acids is 1. The van der Waals surface area contributed by atoms with Crippen LogP contribution in [-0.4, -0.2) is 45.7 Å². The number of carbonyl (C=O) groups excluding carboxylic acids is 1. The number of fused-ring (bicyclic) bond motifs is 2. The molecule has 0 saturated carbocycles. The van der Waals surface area contributed by atoms with Crippen molar-refractivity contribution in [2.75, 3.05) is 6.61 Å². The molecule has 9 heteroatoms. The molecule has 3 heterocycles. The zero-order chi connectivity index (χ0) is 21.1. The Morgan fingerprint density at radius 3 is 2.53 bits per heavy atom. The highest BCUT2D eigenvalue weighted by Crippen LogP contribution is 2.48. The molecule has 2 saturated heterocycles. The fourth-order valence-corrected chi connectivity index (χ4v) is 5.95. The van der Waals surface area contributed by atoms with E-state index in [-0.39, 0.29) is 24.8 Å². The number of carbonyl (C=O) groups is 2. The van der Waals surface area contributed by atoms with Crippen molar-refractivity contribution in [2.45, 2.75) is 56.4 Å². The summed E-state index contributed by atoms with van der Waals surface area (Å²) in [7, 11) is 0. The fourth-order valence-electron chi connectivity index (χ4n) is 4.52. The molecule has 1 aromatic heterocycles. The normalized spacial score (nSPS) is 25.7. The standard InChI is InChI=1S/C21H23BrN2O5S/c22-17-13-30-19(23-17)21(29-12-18(25)26)9-15-7-4-8-16(10-21)24(15)20(27)28-11-14-5-2-1-3-6-14/h1-3,5-6,13,15-16H,4,7-12H2,(H,25,26). The highest BCUT2D eigenvalue weighted by molar-refractivity contribution is 9.10. The van der Waals surface area contributed by atoms with Gasteiger partial charge in [-0.3, -0.25) is 0 Å². The molecule has 160 valence electrons. The monoisotopic (exact) mass is 494 g/mol. The number of carboxylic acid groups (broad SMARTS) is 1. The summed E-state index contributed by atoms with van der Waals surface area (Å²) in [6.45, 7) is -0.162. The molecule has 0 radical (unpaired) electrons. The Morgan fingerprint density at radius 1 is 1.23 bits per heavy atom. The highest BCUT2D eigenvalue weighted by Gasteiger charge is 2.52. The van der Waals surface area contributed by atoms with E-state index in [0.717, 1.165) is 29.8 Å². The van der Waals surface area contributed by atoms with Gasteiger partial charge in [0.15, 0.2) is 0 Å². The number of aromatic nitrogens is 1. The molecule has 2 aromatic rings. The summed E-state index contributed by atoms with van der Waals surface area (Å²) in [6, 6.07) is 9.46. The molecule has 2 unspecified atom stereocenters. The Morgan fingerprint density at radius 2 is 1.93 bits per heavy atom. The number of piperidine rings is 2. The SMILES string of the molecule is O=C(O)COC1(c2nc(Br)cs2)CC2CCCC(C1)N2C(=O)OCc1ccccc1. The average Bonchev–Trinajstić information content (AvgIpc) is 3.17. The Bertz CT molecular complexity index is 892. The van der Waals surface area contributed by atoms with Crippen LogP contribution in [0.3, 0.4) is 0 Å². The van der Waals surface area contributed by atoms with Gasteiger partial charge in [0.05, 0.1) is 0 Å². The lowest BCUT2D eigenvalue weighted by Crippen LogP contribution is -2.59. The average molecular weight is 495 g/mol. The molecule has 2 aliphatic rings. The Hall–Kier alpha value is -1.97. The minimum atomic E-state index is -1.01. The number of hydrogen-bond donors (Lipinski definition) is 1. The molecular formula is C21H23BrN2O5S. The molecule has 2 bridgehead atoms. The van der Waals surface area contributed by atoms with Gasteiger partial charge in [-0.2, -0.15) is 0 Å². The third-order valence-corrected chi connectivity index (χ3v) is 7.48. The maximum Gasteiger partial charge on any atom is 0.410 e. The van der Waals surface area contributed by atoms with Gasteiger partial charge in [-0.1, -0.05) is 30.3 Å². The van der Waals surface area contributed by atoms with Gasteiger partial charge in [0.1, 0.15) is 28.4 Å². The van der Waals surface area contributed by atoms with Crippen molar-refractivity contribution in [1.82, 2.24) is 9.88 Å². The summed E-state index contributed by atoms with van der Waals surface area (Å²) < 4.78 is 12.3. The molecule has 1 N–H and O–H groups in total. The topological polar surface area (TPSA) is 89.0 Å². The number of hydrogen-bond acceptors (Lipinski definition) is 6. The Labute approximate surface area is 187 Å². The summed E-state index contributed by atoms with van der Waals surface area (Å²) in [5.74, 6) is -1.01. The van der Waals surface area contributed by atoms with E-state index in [1.807, 2.05) is 40.6 Å². The van der Waals surface area contributed by atoms with E-state index in [2.05, 4.69) is 20.9 Å². The third-order valence-electron chi connectivity index (χ3n) is 5.75. The molecular weight excluding hydrogens is 472 g/mol. The number of nitrogens with zero attached hydrogens (tertiary/aromatic N) is 2. The minimum absolute atomic E-state index is 0.0720. The molecule has 30 heavy (non-hydrogen) atoms. The fraction of sp³-hybridized carbons (Fsp3) is 0.476. The van der Waals surface area contributed by atoms with Crippen LogP contribution in [0.1, 0.15) is 42.7 Å². The number of rotatable bonds is 6.